The van der Waals surface area contributed by atoms with Crippen LogP contribution in [-0.4, -0.2) is 24.5 Å². The van der Waals surface area contributed by atoms with Crippen molar-refractivity contribution in [3.63, 3.8) is 0 Å². The van der Waals surface area contributed by atoms with Gasteiger partial charge in [-0.3, -0.25) is 20.4 Å². The van der Waals surface area contributed by atoms with Gasteiger partial charge in [-0.15, -0.1) is 0 Å². The molecule has 1 aliphatic heterocycles. The van der Waals surface area contributed by atoms with Crippen molar-refractivity contribution in [1.82, 2.24) is 10.9 Å². The summed E-state index contributed by atoms with van der Waals surface area (Å²) in [5.41, 5.74) is 3.93. The molecule has 124 valence electrons. The third-order valence-electron chi connectivity index (χ3n) is 3.23. The molecule has 2 N–H and O–H groups in total. The molecule has 0 bridgehead atoms. The molecule has 1 atom stereocenters. The van der Waals surface area contributed by atoms with Crippen LogP contribution in [0.15, 0.2) is 42.5 Å². The summed E-state index contributed by atoms with van der Waals surface area (Å²) in [6, 6.07) is 9.17. The molecule has 2 amide bonds. The van der Waals surface area contributed by atoms with E-state index in [1.54, 1.807) is 24.3 Å². The van der Waals surface area contributed by atoms with E-state index in [0.717, 1.165) is 12.1 Å². The summed E-state index contributed by atoms with van der Waals surface area (Å²) in [6.45, 7) is -0.0344. The minimum atomic E-state index is -0.968. The number of ether oxygens (including phenoxy) is 2. The van der Waals surface area contributed by atoms with E-state index in [0.29, 0.717) is 17.6 Å². The molecule has 0 saturated heterocycles. The SMILES string of the molecule is O=C(NNC(=O)C1COc2ccccc2O1)c1cc(F)cc(F)c1. The number of carbonyl (C=O) groups excluding carboxylic acids is 2. The molecule has 0 spiro atoms. The Morgan fingerprint density at radius 3 is 2.38 bits per heavy atom. The molecule has 0 aromatic heterocycles. The van der Waals surface area contributed by atoms with E-state index < -0.39 is 29.6 Å². The van der Waals surface area contributed by atoms with Gasteiger partial charge in [0.25, 0.3) is 11.8 Å². The minimum absolute atomic E-state index is 0.0344. The number of hydrazine groups is 1. The van der Waals surface area contributed by atoms with Crippen molar-refractivity contribution >= 4 is 11.8 Å². The first-order valence-electron chi connectivity index (χ1n) is 6.98. The van der Waals surface area contributed by atoms with Crippen LogP contribution in [0.25, 0.3) is 0 Å². The lowest BCUT2D eigenvalue weighted by atomic mass is 10.2. The highest BCUT2D eigenvalue weighted by atomic mass is 19.1. The average Bonchev–Trinajstić information content (AvgIpc) is 2.58. The lowest BCUT2D eigenvalue weighted by Crippen LogP contribution is -2.50. The van der Waals surface area contributed by atoms with Crippen molar-refractivity contribution in [2.45, 2.75) is 6.10 Å². The maximum Gasteiger partial charge on any atom is 0.283 e. The largest absolute Gasteiger partial charge is 0.485 e. The highest BCUT2D eigenvalue weighted by Crippen LogP contribution is 2.30. The molecule has 0 saturated carbocycles. The van der Waals surface area contributed by atoms with Crippen LogP contribution >= 0.6 is 0 Å². The summed E-state index contributed by atoms with van der Waals surface area (Å²) < 4.78 is 37.0. The number of para-hydroxylation sites is 2. The zero-order valence-corrected chi connectivity index (χ0v) is 12.2. The van der Waals surface area contributed by atoms with Crippen LogP contribution in [0.3, 0.4) is 0 Å². The van der Waals surface area contributed by atoms with Gasteiger partial charge in [-0.2, -0.15) is 0 Å². The van der Waals surface area contributed by atoms with Crippen molar-refractivity contribution in [2.75, 3.05) is 6.61 Å². The van der Waals surface area contributed by atoms with Gasteiger partial charge >= 0.3 is 0 Å². The molecular formula is C16H12F2N2O4. The Hall–Kier alpha value is -3.16. The Bertz CT molecular complexity index is 777. The van der Waals surface area contributed by atoms with Crippen LogP contribution in [0, 0.1) is 11.6 Å². The fraction of sp³-hybridized carbons (Fsp3) is 0.125. The first-order valence-corrected chi connectivity index (χ1v) is 6.98. The van der Waals surface area contributed by atoms with Crippen LogP contribution in [0.2, 0.25) is 0 Å². The van der Waals surface area contributed by atoms with Gasteiger partial charge in [-0.25, -0.2) is 8.78 Å². The Balaban J connectivity index is 1.59. The number of hydrogen-bond donors (Lipinski definition) is 2. The smallest absolute Gasteiger partial charge is 0.283 e. The number of carbonyl (C=O) groups is 2. The average molecular weight is 334 g/mol. The summed E-state index contributed by atoms with van der Waals surface area (Å²) in [4.78, 5) is 23.8. The molecule has 0 fully saturated rings. The number of halogens is 2. The Morgan fingerprint density at radius 2 is 1.67 bits per heavy atom. The van der Waals surface area contributed by atoms with Gasteiger partial charge in [0.1, 0.15) is 18.2 Å². The lowest BCUT2D eigenvalue weighted by molar-refractivity contribution is -0.131. The number of hydrogen-bond acceptors (Lipinski definition) is 4. The van der Waals surface area contributed by atoms with Crippen LogP contribution in [0.4, 0.5) is 8.78 Å². The summed E-state index contributed by atoms with van der Waals surface area (Å²) in [6.07, 6.45) is -0.968. The Kier molecular flexibility index (Phi) is 4.28. The highest BCUT2D eigenvalue weighted by molar-refractivity contribution is 5.95. The van der Waals surface area contributed by atoms with Crippen LogP contribution in [-0.2, 0) is 4.79 Å². The van der Waals surface area contributed by atoms with Crippen molar-refractivity contribution in [1.29, 1.82) is 0 Å². The lowest BCUT2D eigenvalue weighted by Gasteiger charge is -2.25. The third-order valence-corrected chi connectivity index (χ3v) is 3.23. The van der Waals surface area contributed by atoms with Crippen molar-refractivity contribution in [3.05, 3.63) is 59.7 Å². The second-order valence-electron chi connectivity index (χ2n) is 4.97. The molecule has 24 heavy (non-hydrogen) atoms. The maximum absolute atomic E-state index is 13.1. The second-order valence-corrected chi connectivity index (χ2v) is 4.97. The topological polar surface area (TPSA) is 76.7 Å². The molecule has 1 aliphatic rings. The molecule has 0 radical (unpaired) electrons. The maximum atomic E-state index is 13.1. The molecular weight excluding hydrogens is 322 g/mol. The van der Waals surface area contributed by atoms with Gasteiger partial charge in [0.05, 0.1) is 0 Å². The van der Waals surface area contributed by atoms with Gasteiger partial charge in [0.15, 0.2) is 11.5 Å². The van der Waals surface area contributed by atoms with Gasteiger partial charge in [-0.05, 0) is 24.3 Å². The quantitative estimate of drug-likeness (QED) is 0.818. The number of benzene rings is 2. The van der Waals surface area contributed by atoms with E-state index in [-0.39, 0.29) is 12.2 Å². The Morgan fingerprint density at radius 1 is 1.00 bits per heavy atom. The summed E-state index contributed by atoms with van der Waals surface area (Å²) in [5.74, 6) is -2.39. The fourth-order valence-corrected chi connectivity index (χ4v) is 2.10. The minimum Gasteiger partial charge on any atom is -0.485 e. The third kappa shape index (κ3) is 3.43. The van der Waals surface area contributed by atoms with Crippen LogP contribution in [0.5, 0.6) is 11.5 Å². The summed E-state index contributed by atoms with van der Waals surface area (Å²) >= 11 is 0. The molecule has 1 heterocycles. The summed E-state index contributed by atoms with van der Waals surface area (Å²) in [5, 5.41) is 0. The Labute approximate surface area is 135 Å². The number of nitrogens with one attached hydrogen (secondary N) is 2. The van der Waals surface area contributed by atoms with E-state index in [4.69, 9.17) is 9.47 Å². The fourth-order valence-electron chi connectivity index (χ4n) is 2.10. The first kappa shape index (κ1) is 15.7. The molecule has 8 heteroatoms. The van der Waals surface area contributed by atoms with Crippen LogP contribution in [0.1, 0.15) is 10.4 Å². The number of amides is 2. The molecule has 2 aromatic rings. The zero-order valence-electron chi connectivity index (χ0n) is 12.2. The molecule has 0 aliphatic carbocycles. The van der Waals surface area contributed by atoms with Gasteiger partial charge < -0.3 is 9.47 Å². The predicted octanol–water partition coefficient (Wildman–Crippen LogP) is 1.57. The van der Waals surface area contributed by atoms with E-state index in [1.807, 2.05) is 0 Å². The van der Waals surface area contributed by atoms with Gasteiger partial charge in [0, 0.05) is 11.6 Å². The first-order chi connectivity index (χ1) is 11.5. The van der Waals surface area contributed by atoms with Crippen molar-refractivity contribution in [3.8, 4) is 11.5 Å². The van der Waals surface area contributed by atoms with Crippen molar-refractivity contribution < 1.29 is 27.8 Å². The van der Waals surface area contributed by atoms with Crippen LogP contribution < -0.4 is 20.3 Å². The van der Waals surface area contributed by atoms with Gasteiger partial charge in [0.2, 0.25) is 6.10 Å². The van der Waals surface area contributed by atoms with E-state index in [1.165, 1.54) is 0 Å². The zero-order chi connectivity index (χ0) is 17.1. The number of fused-ring (bicyclic) bond motifs is 1. The molecule has 3 rings (SSSR count). The standard InChI is InChI=1S/C16H12F2N2O4/c17-10-5-9(6-11(18)7-10)15(21)19-20-16(22)14-8-23-12-3-1-2-4-13(12)24-14/h1-7,14H,8H2,(H,19,21)(H,20,22). The predicted molar refractivity (Wildman–Crippen MR) is 78.3 cm³/mol. The normalized spacial score (nSPS) is 15.5. The monoisotopic (exact) mass is 334 g/mol. The van der Waals surface area contributed by atoms with E-state index in [2.05, 4.69) is 10.9 Å². The molecule has 1 unspecified atom stereocenters. The molecule has 6 nitrogen and oxygen atoms in total. The highest BCUT2D eigenvalue weighted by Gasteiger charge is 2.27. The van der Waals surface area contributed by atoms with E-state index in [9.17, 15) is 18.4 Å². The molecule has 2 aromatic carbocycles. The second kappa shape index (κ2) is 6.53. The number of rotatable bonds is 2. The summed E-state index contributed by atoms with van der Waals surface area (Å²) in [7, 11) is 0. The van der Waals surface area contributed by atoms with E-state index >= 15 is 0 Å². The van der Waals surface area contributed by atoms with Gasteiger partial charge in [-0.1, -0.05) is 12.1 Å². The van der Waals surface area contributed by atoms with Crippen molar-refractivity contribution in [2.24, 2.45) is 0 Å².